The molecule has 3 rings (SSSR count). The SMILES string of the molecule is CSc1nc2sc3c(Cl)ncnc3c2s1. The lowest BCUT2D eigenvalue weighted by Gasteiger charge is -1.89. The van der Waals surface area contributed by atoms with Gasteiger partial charge in [0.2, 0.25) is 0 Å². The van der Waals surface area contributed by atoms with E-state index in [1.807, 2.05) is 6.26 Å². The Labute approximate surface area is 103 Å². The number of thioether (sulfide) groups is 1. The van der Waals surface area contributed by atoms with Crippen molar-refractivity contribution >= 4 is 65.8 Å². The number of rotatable bonds is 1. The van der Waals surface area contributed by atoms with Crippen LogP contribution in [0.15, 0.2) is 10.7 Å². The van der Waals surface area contributed by atoms with Gasteiger partial charge in [0.25, 0.3) is 0 Å². The Hall–Kier alpha value is -0.430. The predicted molar refractivity (Wildman–Crippen MR) is 67.4 cm³/mol. The fourth-order valence-electron chi connectivity index (χ4n) is 1.29. The second kappa shape index (κ2) is 3.55. The van der Waals surface area contributed by atoms with E-state index in [0.717, 1.165) is 24.1 Å². The molecule has 3 aromatic rings. The zero-order chi connectivity index (χ0) is 10.4. The summed E-state index contributed by atoms with van der Waals surface area (Å²) in [7, 11) is 0. The first-order chi connectivity index (χ1) is 7.29. The molecule has 0 unspecified atom stereocenters. The minimum atomic E-state index is 0.515. The van der Waals surface area contributed by atoms with Gasteiger partial charge < -0.3 is 0 Å². The quantitative estimate of drug-likeness (QED) is 0.501. The summed E-state index contributed by atoms with van der Waals surface area (Å²) in [6, 6.07) is 0. The molecule has 0 aromatic carbocycles. The molecular weight excluding hydrogens is 270 g/mol. The Kier molecular flexibility index (Phi) is 2.31. The fourth-order valence-corrected chi connectivity index (χ4v) is 4.34. The van der Waals surface area contributed by atoms with Crippen LogP contribution in [0, 0.1) is 0 Å². The largest absolute Gasteiger partial charge is 0.234 e. The molecule has 0 atom stereocenters. The number of thiophene rings is 1. The van der Waals surface area contributed by atoms with Crippen molar-refractivity contribution in [3.05, 3.63) is 11.5 Å². The van der Waals surface area contributed by atoms with Crippen molar-refractivity contribution in [2.24, 2.45) is 0 Å². The molecule has 15 heavy (non-hydrogen) atoms. The maximum Gasteiger partial charge on any atom is 0.151 e. The maximum absolute atomic E-state index is 5.99. The molecule has 0 radical (unpaired) electrons. The van der Waals surface area contributed by atoms with Crippen molar-refractivity contribution in [1.82, 2.24) is 15.0 Å². The molecule has 0 saturated carbocycles. The topological polar surface area (TPSA) is 38.7 Å². The van der Waals surface area contributed by atoms with Crippen molar-refractivity contribution < 1.29 is 0 Å². The van der Waals surface area contributed by atoms with E-state index in [4.69, 9.17) is 11.6 Å². The van der Waals surface area contributed by atoms with E-state index in [1.54, 1.807) is 34.4 Å². The fraction of sp³-hybridized carbons (Fsp3) is 0.125. The summed E-state index contributed by atoms with van der Waals surface area (Å²) in [4.78, 5) is 13.7. The highest BCUT2D eigenvalue weighted by Gasteiger charge is 2.14. The second-order valence-electron chi connectivity index (χ2n) is 2.76. The molecule has 7 heteroatoms. The van der Waals surface area contributed by atoms with Gasteiger partial charge in [-0.25, -0.2) is 15.0 Å². The van der Waals surface area contributed by atoms with Crippen molar-refractivity contribution in [2.45, 2.75) is 4.34 Å². The van der Waals surface area contributed by atoms with Gasteiger partial charge in [-0.15, -0.1) is 22.7 Å². The first-order valence-corrected chi connectivity index (χ1v) is 7.26. The molecular formula is C8H4ClN3S3. The molecule has 0 N–H and O–H groups in total. The highest BCUT2D eigenvalue weighted by atomic mass is 35.5. The van der Waals surface area contributed by atoms with Crippen LogP contribution in [0.1, 0.15) is 0 Å². The van der Waals surface area contributed by atoms with E-state index in [2.05, 4.69) is 15.0 Å². The molecule has 3 heterocycles. The Morgan fingerprint density at radius 3 is 2.93 bits per heavy atom. The number of nitrogens with zero attached hydrogens (tertiary/aromatic N) is 3. The Morgan fingerprint density at radius 2 is 2.13 bits per heavy atom. The summed E-state index contributed by atoms with van der Waals surface area (Å²) in [5.74, 6) is 0. The summed E-state index contributed by atoms with van der Waals surface area (Å²) in [6.45, 7) is 0. The van der Waals surface area contributed by atoms with Gasteiger partial charge in [0.05, 0.1) is 9.40 Å². The van der Waals surface area contributed by atoms with E-state index in [-0.39, 0.29) is 0 Å². The lowest BCUT2D eigenvalue weighted by atomic mass is 10.5. The number of hydrogen-bond acceptors (Lipinski definition) is 6. The van der Waals surface area contributed by atoms with Gasteiger partial charge in [-0.3, -0.25) is 0 Å². The van der Waals surface area contributed by atoms with Crippen LogP contribution in [0.25, 0.3) is 19.7 Å². The minimum absolute atomic E-state index is 0.515. The predicted octanol–water partition coefficient (Wildman–Crippen LogP) is 3.68. The van der Waals surface area contributed by atoms with Crippen LogP contribution in [0.5, 0.6) is 0 Å². The van der Waals surface area contributed by atoms with Gasteiger partial charge >= 0.3 is 0 Å². The van der Waals surface area contributed by atoms with E-state index in [1.165, 1.54) is 6.33 Å². The van der Waals surface area contributed by atoms with E-state index in [0.29, 0.717) is 5.15 Å². The van der Waals surface area contributed by atoms with Crippen molar-refractivity contribution in [2.75, 3.05) is 6.26 Å². The lowest BCUT2D eigenvalue weighted by molar-refractivity contribution is 1.23. The van der Waals surface area contributed by atoms with Crippen molar-refractivity contribution in [3.8, 4) is 0 Å². The average molecular weight is 274 g/mol. The molecule has 0 fully saturated rings. The smallest absolute Gasteiger partial charge is 0.151 e. The number of aromatic nitrogens is 3. The number of halogens is 1. The van der Waals surface area contributed by atoms with Crippen LogP contribution >= 0.6 is 46.0 Å². The summed E-state index contributed by atoms with van der Waals surface area (Å²) >= 11 is 10.8. The monoisotopic (exact) mass is 273 g/mol. The van der Waals surface area contributed by atoms with E-state index in [9.17, 15) is 0 Å². The van der Waals surface area contributed by atoms with Gasteiger partial charge in [0.1, 0.15) is 21.8 Å². The summed E-state index contributed by atoms with van der Waals surface area (Å²) < 4.78 is 3.11. The molecule has 0 saturated heterocycles. The van der Waals surface area contributed by atoms with Crippen LogP contribution in [0.3, 0.4) is 0 Å². The molecule has 3 nitrogen and oxygen atoms in total. The first-order valence-electron chi connectivity index (χ1n) is 4.03. The minimum Gasteiger partial charge on any atom is -0.234 e. The van der Waals surface area contributed by atoms with E-state index < -0.39 is 0 Å². The molecule has 0 aliphatic heterocycles. The maximum atomic E-state index is 5.99. The van der Waals surface area contributed by atoms with Gasteiger partial charge in [-0.05, 0) is 6.26 Å². The van der Waals surface area contributed by atoms with Gasteiger partial charge in [-0.1, -0.05) is 23.4 Å². The highest BCUT2D eigenvalue weighted by Crippen LogP contribution is 2.40. The highest BCUT2D eigenvalue weighted by molar-refractivity contribution is 8.00. The first kappa shape index (κ1) is 9.77. The third-order valence-electron chi connectivity index (χ3n) is 1.93. The Morgan fingerprint density at radius 1 is 1.27 bits per heavy atom. The van der Waals surface area contributed by atoms with Crippen LogP contribution < -0.4 is 0 Å². The van der Waals surface area contributed by atoms with Gasteiger partial charge in [-0.2, -0.15) is 0 Å². The van der Waals surface area contributed by atoms with Crippen LogP contribution in [-0.4, -0.2) is 21.2 Å². The summed E-state index contributed by atoms with van der Waals surface area (Å²) in [6.07, 6.45) is 3.52. The molecule has 76 valence electrons. The molecule has 3 aromatic heterocycles. The second-order valence-corrected chi connectivity index (χ2v) is 6.17. The molecule has 0 spiro atoms. The van der Waals surface area contributed by atoms with E-state index >= 15 is 0 Å². The standard InChI is InChI=1S/C8H4ClN3S3/c1-13-8-12-7-5(15-8)3-4(14-7)6(9)11-2-10-3/h2H,1H3. The lowest BCUT2D eigenvalue weighted by Crippen LogP contribution is -1.77. The normalized spacial score (nSPS) is 11.6. The number of hydrogen-bond donors (Lipinski definition) is 0. The van der Waals surface area contributed by atoms with Crippen LogP contribution in [0.2, 0.25) is 5.15 Å². The third kappa shape index (κ3) is 1.44. The molecule has 0 aliphatic rings. The Bertz CT molecular complexity index is 645. The zero-order valence-corrected chi connectivity index (χ0v) is 10.7. The average Bonchev–Trinajstić information content (AvgIpc) is 2.76. The Balaban J connectivity index is 2.46. The van der Waals surface area contributed by atoms with Crippen LogP contribution in [0.4, 0.5) is 0 Å². The van der Waals surface area contributed by atoms with Crippen LogP contribution in [-0.2, 0) is 0 Å². The van der Waals surface area contributed by atoms with Crippen molar-refractivity contribution in [1.29, 1.82) is 0 Å². The summed E-state index contributed by atoms with van der Waals surface area (Å²) in [5, 5.41) is 0.515. The molecule has 0 aliphatic carbocycles. The number of fused-ring (bicyclic) bond motifs is 3. The van der Waals surface area contributed by atoms with Gasteiger partial charge in [0, 0.05) is 0 Å². The van der Waals surface area contributed by atoms with Crippen molar-refractivity contribution in [3.63, 3.8) is 0 Å². The molecule has 0 bridgehead atoms. The molecule has 0 amide bonds. The zero-order valence-electron chi connectivity index (χ0n) is 7.52. The third-order valence-corrected chi connectivity index (χ3v) is 5.58. The summed E-state index contributed by atoms with van der Waals surface area (Å²) in [5.41, 5.74) is 0.924. The number of thiazole rings is 1. The van der Waals surface area contributed by atoms with Gasteiger partial charge in [0.15, 0.2) is 4.34 Å².